The maximum Gasteiger partial charge on any atom is 0.135 e. The third-order valence-electron chi connectivity index (χ3n) is 13.5. The smallest absolute Gasteiger partial charge is 0.135 e. The Morgan fingerprint density at radius 1 is 0.485 bits per heavy atom. The zero-order valence-corrected chi connectivity index (χ0v) is 43.9. The van der Waals surface area contributed by atoms with Gasteiger partial charge in [0.05, 0.1) is 0 Å². The van der Waals surface area contributed by atoms with Crippen molar-refractivity contribution in [3.8, 4) is 16.9 Å². The summed E-state index contributed by atoms with van der Waals surface area (Å²) in [4.78, 5) is 9.57. The molecule has 1 aliphatic rings. The number of hydrogen-bond acceptors (Lipinski definition) is 3. The van der Waals surface area contributed by atoms with Gasteiger partial charge in [0, 0.05) is 38.5 Å². The molecule has 9 aromatic rings. The molecule has 1 aliphatic heterocycles. The number of fused-ring (bicyclic) bond motifs is 3. The Morgan fingerprint density at radius 2 is 1.10 bits per heavy atom. The fourth-order valence-electron chi connectivity index (χ4n) is 9.64. The standard InChI is InChI=1S/C62H59N4Si.Pt/c1-60(2,3)46-22-19-23-49(37-46)64-34-35-65(43-64)50-38-48(62(7,8)9)39-54(41-50)67(51-24-15-11-16-25-51,52-26-17-12-18-27-52)53-29-30-55-56-36-45(44-20-13-10-14-21-44)28-31-57(56)66(58(55)42-53)59-40-47(32-33-63-59)61(4,5)6;/h10-40,43H,1-9H3;/q-3;. The van der Waals surface area contributed by atoms with Crippen molar-refractivity contribution in [1.82, 2.24) is 9.55 Å². The summed E-state index contributed by atoms with van der Waals surface area (Å²) in [6.07, 6.45) is 6.28. The van der Waals surface area contributed by atoms with Crippen LogP contribution in [-0.2, 0) is 37.3 Å². The van der Waals surface area contributed by atoms with Crippen molar-refractivity contribution in [2.45, 2.75) is 78.6 Å². The number of anilines is 2. The number of benzene rings is 7. The first-order chi connectivity index (χ1) is 32.1. The first-order valence-electron chi connectivity index (χ1n) is 23.5. The summed E-state index contributed by atoms with van der Waals surface area (Å²) >= 11 is 0. The molecule has 0 bridgehead atoms. The van der Waals surface area contributed by atoms with Gasteiger partial charge in [0.15, 0.2) is 0 Å². The van der Waals surface area contributed by atoms with Crippen molar-refractivity contribution >= 4 is 62.0 Å². The van der Waals surface area contributed by atoms with Gasteiger partial charge >= 0.3 is 0 Å². The van der Waals surface area contributed by atoms with Crippen molar-refractivity contribution < 1.29 is 21.1 Å². The van der Waals surface area contributed by atoms with Crippen LogP contribution in [0.3, 0.4) is 0 Å². The summed E-state index contributed by atoms with van der Waals surface area (Å²) in [5, 5.41) is 7.20. The monoisotopic (exact) mass is 1080 g/mol. The van der Waals surface area contributed by atoms with Crippen molar-refractivity contribution in [2.75, 3.05) is 9.80 Å². The van der Waals surface area contributed by atoms with Crippen LogP contribution in [0.2, 0.25) is 0 Å². The van der Waals surface area contributed by atoms with Crippen LogP contribution in [0, 0.1) is 18.8 Å². The summed E-state index contributed by atoms with van der Waals surface area (Å²) < 4.78 is 2.35. The van der Waals surface area contributed by atoms with Crippen molar-refractivity contribution in [2.24, 2.45) is 0 Å². The first kappa shape index (κ1) is 46.8. The van der Waals surface area contributed by atoms with Crippen LogP contribution in [0.25, 0.3) is 38.8 Å². The van der Waals surface area contributed by atoms with Gasteiger partial charge in [-0.3, -0.25) is 0 Å². The third kappa shape index (κ3) is 8.61. The molecule has 344 valence electrons. The Hall–Kier alpha value is -6.26. The Kier molecular flexibility index (Phi) is 12.4. The van der Waals surface area contributed by atoms with Crippen molar-refractivity contribution in [1.29, 1.82) is 0 Å². The molecule has 10 rings (SSSR count). The van der Waals surface area contributed by atoms with Crippen LogP contribution in [0.15, 0.2) is 188 Å². The van der Waals surface area contributed by atoms with E-state index in [1.165, 1.54) is 48.8 Å². The minimum atomic E-state index is -3.22. The van der Waals surface area contributed by atoms with Gasteiger partial charge in [-0.15, -0.1) is 23.8 Å². The van der Waals surface area contributed by atoms with Gasteiger partial charge in [-0.05, 0) is 97.0 Å². The van der Waals surface area contributed by atoms with E-state index < -0.39 is 8.07 Å². The normalized spacial score (nSPS) is 13.4. The molecule has 2 aromatic heterocycles. The fourth-order valence-corrected chi connectivity index (χ4v) is 14.2. The van der Waals surface area contributed by atoms with Crippen LogP contribution in [0.1, 0.15) is 79.0 Å². The van der Waals surface area contributed by atoms with Crippen LogP contribution in [-0.4, -0.2) is 17.6 Å². The molecule has 4 nitrogen and oxygen atoms in total. The Morgan fingerprint density at radius 3 is 1.75 bits per heavy atom. The molecule has 0 saturated carbocycles. The van der Waals surface area contributed by atoms with E-state index in [0.29, 0.717) is 0 Å². The molecule has 0 N–H and O–H groups in total. The van der Waals surface area contributed by atoms with Crippen LogP contribution in [0.4, 0.5) is 11.4 Å². The van der Waals surface area contributed by atoms with Crippen LogP contribution in [0.5, 0.6) is 0 Å². The molecule has 0 saturated heterocycles. The van der Waals surface area contributed by atoms with Gasteiger partial charge in [0.1, 0.15) is 13.9 Å². The van der Waals surface area contributed by atoms with Gasteiger partial charge in [-0.1, -0.05) is 183 Å². The largest absolute Gasteiger partial charge is 0.500 e. The zero-order valence-electron chi connectivity index (χ0n) is 40.6. The number of nitrogens with zero attached hydrogens (tertiary/aromatic N) is 4. The van der Waals surface area contributed by atoms with Gasteiger partial charge < -0.3 is 14.4 Å². The molecule has 0 radical (unpaired) electrons. The minimum Gasteiger partial charge on any atom is -0.500 e. The van der Waals surface area contributed by atoms with Gasteiger partial charge in [0.2, 0.25) is 0 Å². The van der Waals surface area contributed by atoms with Crippen LogP contribution >= 0.6 is 0 Å². The van der Waals surface area contributed by atoms with Crippen molar-refractivity contribution in [3.05, 3.63) is 224 Å². The van der Waals surface area contributed by atoms with Gasteiger partial charge in [-0.25, -0.2) is 4.98 Å². The second-order valence-electron chi connectivity index (χ2n) is 21.1. The van der Waals surface area contributed by atoms with Gasteiger partial charge in [-0.2, -0.15) is 46.3 Å². The summed E-state index contributed by atoms with van der Waals surface area (Å²) in [6.45, 7) is 22.7. The Balaban J connectivity index is 0.00000578. The van der Waals surface area contributed by atoms with E-state index in [1.54, 1.807) is 0 Å². The summed E-state index contributed by atoms with van der Waals surface area (Å²) in [5.74, 6) is 0.887. The molecule has 7 aromatic carbocycles. The maximum absolute atomic E-state index is 5.11. The van der Waals surface area contributed by atoms with E-state index in [9.17, 15) is 0 Å². The zero-order chi connectivity index (χ0) is 46.7. The number of pyridine rings is 1. The summed E-state index contributed by atoms with van der Waals surface area (Å²) in [6, 6.07) is 71.1. The molecular formula is C62H59N4PtSi-3. The number of aromatic nitrogens is 2. The average molecular weight is 1080 g/mol. The quantitative estimate of drug-likeness (QED) is 0.0861. The van der Waals surface area contributed by atoms with E-state index in [-0.39, 0.29) is 37.3 Å². The van der Waals surface area contributed by atoms with E-state index in [4.69, 9.17) is 4.98 Å². The molecule has 3 heterocycles. The van der Waals surface area contributed by atoms with E-state index in [2.05, 4.69) is 278 Å². The molecule has 0 aliphatic carbocycles. The van der Waals surface area contributed by atoms with E-state index >= 15 is 0 Å². The second kappa shape index (κ2) is 18.0. The molecular weight excluding hydrogens is 1020 g/mol. The molecule has 0 atom stereocenters. The number of hydrogen-bond donors (Lipinski definition) is 0. The molecule has 0 fully saturated rings. The predicted molar refractivity (Wildman–Crippen MR) is 286 cm³/mol. The maximum atomic E-state index is 5.11. The summed E-state index contributed by atoms with van der Waals surface area (Å²) in [7, 11) is -3.22. The van der Waals surface area contributed by atoms with Crippen LogP contribution < -0.4 is 30.5 Å². The minimum absolute atomic E-state index is 0. The van der Waals surface area contributed by atoms with Gasteiger partial charge in [0.25, 0.3) is 0 Å². The van der Waals surface area contributed by atoms with Crippen molar-refractivity contribution in [3.63, 3.8) is 0 Å². The van der Waals surface area contributed by atoms with E-state index in [0.717, 1.165) is 38.8 Å². The topological polar surface area (TPSA) is 24.3 Å². The molecule has 0 amide bonds. The first-order valence-corrected chi connectivity index (χ1v) is 25.5. The SMILES string of the molecule is CC(C)(C)c1cc(N2C=CN(c3cccc(C(C)(C)C)c3)[CH-]2)[c-]c([Si](c2[c-]c3c(cc2)c2cc(-c4ccccc4)ccc2n3-c2cc(C(C)(C)C)ccn2)(c2ccccc2)c2ccccc2)c1.[Pt]. The van der Waals surface area contributed by atoms with E-state index in [1.807, 2.05) is 6.20 Å². The predicted octanol–water partition coefficient (Wildman–Crippen LogP) is 12.6. The molecule has 6 heteroatoms. The second-order valence-corrected chi connectivity index (χ2v) is 24.9. The average Bonchev–Trinajstić information content (AvgIpc) is 3.96. The number of rotatable bonds is 8. The Bertz CT molecular complexity index is 3240. The summed E-state index contributed by atoms with van der Waals surface area (Å²) in [5.41, 5.74) is 10.2. The molecule has 0 unspecified atom stereocenters. The Labute approximate surface area is 419 Å². The fraction of sp³-hybridized carbons (Fsp3) is 0.194. The molecule has 0 spiro atoms. The third-order valence-corrected chi connectivity index (χ3v) is 18.1. The molecule has 68 heavy (non-hydrogen) atoms.